The fourth-order valence-electron chi connectivity index (χ4n) is 4.65. The van der Waals surface area contributed by atoms with Gasteiger partial charge in [0.2, 0.25) is 5.91 Å². The molecule has 2 atom stereocenters. The number of hydrogen-bond donors (Lipinski definition) is 0. The Bertz CT molecular complexity index is 1130. The number of aromatic nitrogens is 4. The number of piperidine rings is 1. The Morgan fingerprint density at radius 2 is 2.14 bits per heavy atom. The zero-order valence-corrected chi connectivity index (χ0v) is 17.2. The van der Waals surface area contributed by atoms with Gasteiger partial charge in [-0.2, -0.15) is 0 Å². The van der Waals surface area contributed by atoms with Crippen molar-refractivity contribution >= 4 is 33.1 Å². The zero-order valence-electron chi connectivity index (χ0n) is 16.3. The lowest BCUT2D eigenvalue weighted by Crippen LogP contribution is -2.44. The van der Waals surface area contributed by atoms with Crippen LogP contribution in [0.2, 0.25) is 0 Å². The molecule has 0 unspecified atom stereocenters. The first-order valence-corrected chi connectivity index (χ1v) is 11.0. The zero-order chi connectivity index (χ0) is 19.4. The van der Waals surface area contributed by atoms with Gasteiger partial charge in [0.15, 0.2) is 5.65 Å². The van der Waals surface area contributed by atoms with Crippen molar-refractivity contribution in [3.8, 4) is 0 Å². The topological polar surface area (TPSA) is 72.5 Å². The predicted molar refractivity (Wildman–Crippen MR) is 109 cm³/mol. The van der Waals surface area contributed by atoms with Crippen LogP contribution in [0.15, 0.2) is 11.1 Å². The molecule has 0 saturated carbocycles. The highest BCUT2D eigenvalue weighted by Crippen LogP contribution is 2.38. The van der Waals surface area contributed by atoms with E-state index in [2.05, 4.69) is 23.9 Å². The molecule has 0 radical (unpaired) electrons. The third kappa shape index (κ3) is 2.77. The van der Waals surface area contributed by atoms with Crippen LogP contribution >= 0.6 is 11.3 Å². The Kier molecular flexibility index (Phi) is 4.26. The minimum Gasteiger partial charge on any atom is -0.338 e. The molecule has 1 fully saturated rings. The maximum Gasteiger partial charge on any atom is 0.352 e. The Labute approximate surface area is 167 Å². The van der Waals surface area contributed by atoms with Crippen LogP contribution in [0, 0.1) is 5.92 Å². The van der Waals surface area contributed by atoms with E-state index in [4.69, 9.17) is 0 Å². The van der Waals surface area contributed by atoms with Crippen LogP contribution < -0.4 is 5.69 Å². The van der Waals surface area contributed by atoms with Gasteiger partial charge in [-0.1, -0.05) is 6.92 Å². The van der Waals surface area contributed by atoms with Crippen LogP contribution in [-0.2, 0) is 24.2 Å². The first-order valence-electron chi connectivity index (χ1n) is 10.2. The van der Waals surface area contributed by atoms with Crippen molar-refractivity contribution < 1.29 is 4.79 Å². The van der Waals surface area contributed by atoms with E-state index in [1.807, 2.05) is 4.90 Å². The molecular formula is C20H25N5O2S. The SMILES string of the molecule is C[C@@H]1CCc2c(sc3ncn4c(=O)n(CC(=O)N5CCCC[C@H]5C)nc4c23)C1. The third-order valence-electron chi connectivity index (χ3n) is 6.29. The molecule has 0 N–H and O–H groups in total. The first-order chi connectivity index (χ1) is 13.5. The van der Waals surface area contributed by atoms with E-state index in [1.54, 1.807) is 17.7 Å². The molecule has 28 heavy (non-hydrogen) atoms. The average Bonchev–Trinajstić information content (AvgIpc) is 3.19. The van der Waals surface area contributed by atoms with Crippen molar-refractivity contribution in [1.82, 2.24) is 24.1 Å². The molecule has 0 bridgehead atoms. The maximum atomic E-state index is 12.9. The van der Waals surface area contributed by atoms with E-state index in [9.17, 15) is 9.59 Å². The lowest BCUT2D eigenvalue weighted by Gasteiger charge is -2.33. The highest BCUT2D eigenvalue weighted by molar-refractivity contribution is 7.19. The van der Waals surface area contributed by atoms with Crippen LogP contribution in [0.25, 0.3) is 15.9 Å². The van der Waals surface area contributed by atoms with Crippen LogP contribution in [0.3, 0.4) is 0 Å². The van der Waals surface area contributed by atoms with Gasteiger partial charge in [-0.05, 0) is 56.9 Å². The van der Waals surface area contributed by atoms with Gasteiger partial charge in [-0.3, -0.25) is 4.79 Å². The molecule has 0 spiro atoms. The van der Waals surface area contributed by atoms with Crippen LogP contribution in [-0.4, -0.2) is 42.6 Å². The first kappa shape index (κ1) is 17.8. The molecule has 2 aliphatic rings. The summed E-state index contributed by atoms with van der Waals surface area (Å²) in [7, 11) is 0. The highest BCUT2D eigenvalue weighted by Gasteiger charge is 2.26. The Balaban J connectivity index is 1.56. The quantitative estimate of drug-likeness (QED) is 0.664. The highest BCUT2D eigenvalue weighted by atomic mass is 32.1. The fraction of sp³-hybridized carbons (Fsp3) is 0.600. The third-order valence-corrected chi connectivity index (χ3v) is 7.45. The second-order valence-corrected chi connectivity index (χ2v) is 9.43. The van der Waals surface area contributed by atoms with Gasteiger partial charge >= 0.3 is 5.69 Å². The summed E-state index contributed by atoms with van der Waals surface area (Å²) in [6, 6.07) is 0.230. The van der Waals surface area contributed by atoms with Gasteiger partial charge in [-0.15, -0.1) is 16.4 Å². The molecular weight excluding hydrogens is 374 g/mol. The number of fused-ring (bicyclic) bond motifs is 5. The number of hydrogen-bond acceptors (Lipinski definition) is 5. The van der Waals surface area contributed by atoms with Gasteiger partial charge < -0.3 is 4.90 Å². The van der Waals surface area contributed by atoms with E-state index < -0.39 is 0 Å². The number of thiophene rings is 1. The largest absolute Gasteiger partial charge is 0.352 e. The number of carbonyl (C=O) groups is 1. The summed E-state index contributed by atoms with van der Waals surface area (Å²) in [6.07, 6.45) is 7.99. The van der Waals surface area contributed by atoms with Crippen LogP contribution in [0.5, 0.6) is 0 Å². The van der Waals surface area contributed by atoms with Crippen molar-refractivity contribution in [2.75, 3.05) is 6.54 Å². The minimum atomic E-state index is -0.286. The normalized spacial score (nSPS) is 22.7. The smallest absolute Gasteiger partial charge is 0.338 e. The second kappa shape index (κ2) is 6.69. The molecule has 4 heterocycles. The Hall–Kier alpha value is -2.22. The summed E-state index contributed by atoms with van der Waals surface area (Å²) >= 11 is 1.72. The van der Waals surface area contributed by atoms with E-state index in [1.165, 1.54) is 19.5 Å². The summed E-state index contributed by atoms with van der Waals surface area (Å²) < 4.78 is 2.82. The fourth-order valence-corrected chi connectivity index (χ4v) is 6.00. The maximum absolute atomic E-state index is 12.9. The number of carbonyl (C=O) groups excluding carboxylic acids is 1. The molecule has 1 saturated heterocycles. The molecule has 1 aliphatic heterocycles. The monoisotopic (exact) mass is 399 g/mol. The number of amides is 1. The summed E-state index contributed by atoms with van der Waals surface area (Å²) in [5, 5.41) is 5.59. The van der Waals surface area contributed by atoms with Gasteiger partial charge in [0.05, 0.1) is 5.39 Å². The Morgan fingerprint density at radius 1 is 1.29 bits per heavy atom. The van der Waals surface area contributed by atoms with E-state index in [0.717, 1.165) is 55.3 Å². The molecule has 3 aromatic heterocycles. The lowest BCUT2D eigenvalue weighted by molar-refractivity contribution is -0.135. The van der Waals surface area contributed by atoms with E-state index in [-0.39, 0.29) is 24.2 Å². The molecule has 1 amide bonds. The van der Waals surface area contributed by atoms with Gasteiger partial charge in [0, 0.05) is 17.5 Å². The Morgan fingerprint density at radius 3 is 2.96 bits per heavy atom. The number of nitrogens with zero attached hydrogens (tertiary/aromatic N) is 5. The number of aryl methyl sites for hydroxylation is 1. The van der Waals surface area contributed by atoms with Crippen molar-refractivity contribution in [2.24, 2.45) is 5.92 Å². The van der Waals surface area contributed by atoms with Gasteiger partial charge in [-0.25, -0.2) is 18.9 Å². The standard InChI is InChI=1S/C20H25N5O2S/c1-12-6-7-14-15(9-12)28-19-17(14)18-22-25(20(27)24(18)11-21-19)10-16(26)23-8-4-3-5-13(23)2/h11-13H,3-10H2,1-2H3/t12-,13-/m1/s1. The van der Waals surface area contributed by atoms with Gasteiger partial charge in [0.25, 0.3) is 0 Å². The van der Waals surface area contributed by atoms with Crippen LogP contribution in [0.4, 0.5) is 0 Å². The lowest BCUT2D eigenvalue weighted by atomic mass is 9.89. The van der Waals surface area contributed by atoms with E-state index >= 15 is 0 Å². The summed E-state index contributed by atoms with van der Waals surface area (Å²) in [5.74, 6) is 0.656. The predicted octanol–water partition coefficient (Wildman–Crippen LogP) is 2.63. The molecule has 0 aromatic carbocycles. The van der Waals surface area contributed by atoms with E-state index in [0.29, 0.717) is 11.6 Å². The van der Waals surface area contributed by atoms with Gasteiger partial charge in [0.1, 0.15) is 17.7 Å². The van der Waals surface area contributed by atoms with Crippen LogP contribution in [0.1, 0.15) is 50.0 Å². The number of rotatable bonds is 2. The average molecular weight is 400 g/mol. The molecule has 148 valence electrons. The molecule has 7 nitrogen and oxygen atoms in total. The molecule has 8 heteroatoms. The van der Waals surface area contributed by atoms with Crippen molar-refractivity contribution in [2.45, 2.75) is 65.0 Å². The van der Waals surface area contributed by atoms with Crippen molar-refractivity contribution in [3.63, 3.8) is 0 Å². The van der Waals surface area contributed by atoms with Crippen molar-refractivity contribution in [1.29, 1.82) is 0 Å². The summed E-state index contributed by atoms with van der Waals surface area (Å²) in [6.45, 7) is 5.12. The minimum absolute atomic E-state index is 0.00426. The van der Waals surface area contributed by atoms with Crippen molar-refractivity contribution in [3.05, 3.63) is 27.3 Å². The number of likely N-dealkylation sites (tertiary alicyclic amines) is 1. The molecule has 1 aliphatic carbocycles. The summed E-state index contributed by atoms with van der Waals surface area (Å²) in [5.41, 5.74) is 1.65. The molecule has 3 aromatic rings. The summed E-state index contributed by atoms with van der Waals surface area (Å²) in [4.78, 5) is 34.4. The second-order valence-electron chi connectivity index (χ2n) is 8.34. The molecule has 5 rings (SSSR count).